The van der Waals surface area contributed by atoms with Gasteiger partial charge in [0.1, 0.15) is 17.3 Å². The first-order valence-corrected chi connectivity index (χ1v) is 6.99. The number of nitrogens with one attached hydrogen (secondary N) is 1. The molecule has 1 heterocycles. The zero-order valence-electron chi connectivity index (χ0n) is 11.5. The molecule has 0 fully saturated rings. The summed E-state index contributed by atoms with van der Waals surface area (Å²) in [5, 5.41) is 8.38. The standard InChI is InChI=1S/C14H17N3O2S/c1-9-13(14(15)16)20-12(17-9)7-8-19-11-5-3-10(18-2)4-6-11/h3-6H,7-8H2,1-2H3,(H3,15,16). The van der Waals surface area contributed by atoms with Crippen molar-refractivity contribution in [2.24, 2.45) is 5.73 Å². The summed E-state index contributed by atoms with van der Waals surface area (Å²) in [6.07, 6.45) is 0.699. The number of rotatable bonds is 6. The minimum atomic E-state index is 0.0716. The second-order valence-electron chi connectivity index (χ2n) is 4.21. The molecule has 0 aliphatic heterocycles. The summed E-state index contributed by atoms with van der Waals surface area (Å²) in [4.78, 5) is 5.13. The van der Waals surface area contributed by atoms with Gasteiger partial charge in [-0.25, -0.2) is 4.98 Å². The second kappa shape index (κ2) is 6.38. The third-order valence-electron chi connectivity index (χ3n) is 2.73. The molecule has 0 saturated heterocycles. The minimum absolute atomic E-state index is 0.0716. The summed E-state index contributed by atoms with van der Waals surface area (Å²) >= 11 is 1.45. The summed E-state index contributed by atoms with van der Waals surface area (Å²) < 4.78 is 10.7. The molecule has 0 aliphatic rings. The number of nitrogens with two attached hydrogens (primary N) is 1. The molecule has 106 valence electrons. The van der Waals surface area contributed by atoms with Crippen molar-refractivity contribution in [2.45, 2.75) is 13.3 Å². The highest BCUT2D eigenvalue weighted by molar-refractivity contribution is 7.13. The number of benzene rings is 1. The van der Waals surface area contributed by atoms with Gasteiger partial charge in [0.25, 0.3) is 0 Å². The monoisotopic (exact) mass is 291 g/mol. The third kappa shape index (κ3) is 3.48. The lowest BCUT2D eigenvalue weighted by molar-refractivity contribution is 0.321. The molecule has 1 aromatic carbocycles. The Labute approximate surface area is 121 Å². The Hall–Kier alpha value is -2.08. The number of methoxy groups -OCH3 is 1. The van der Waals surface area contributed by atoms with Crippen molar-refractivity contribution in [2.75, 3.05) is 13.7 Å². The predicted molar refractivity (Wildman–Crippen MR) is 80.1 cm³/mol. The number of nitrogen functional groups attached to an aromatic ring is 1. The average molecular weight is 291 g/mol. The first-order chi connectivity index (χ1) is 9.60. The molecule has 1 aromatic heterocycles. The number of amidine groups is 1. The number of thiazole rings is 1. The van der Waals surface area contributed by atoms with Crippen molar-refractivity contribution < 1.29 is 9.47 Å². The van der Waals surface area contributed by atoms with Crippen LogP contribution >= 0.6 is 11.3 Å². The van der Waals surface area contributed by atoms with E-state index in [9.17, 15) is 0 Å². The van der Waals surface area contributed by atoms with Crippen LogP contribution in [0.5, 0.6) is 11.5 Å². The van der Waals surface area contributed by atoms with Crippen molar-refractivity contribution in [3.05, 3.63) is 39.8 Å². The second-order valence-corrected chi connectivity index (χ2v) is 5.29. The Kier molecular flexibility index (Phi) is 4.57. The fourth-order valence-electron chi connectivity index (χ4n) is 1.74. The van der Waals surface area contributed by atoms with Crippen LogP contribution in [-0.4, -0.2) is 24.5 Å². The molecule has 0 atom stereocenters. The highest BCUT2D eigenvalue weighted by Gasteiger charge is 2.09. The maximum atomic E-state index is 7.44. The van der Waals surface area contributed by atoms with Gasteiger partial charge in [-0.2, -0.15) is 0 Å². The lowest BCUT2D eigenvalue weighted by Crippen LogP contribution is -2.10. The molecule has 2 aromatic rings. The molecule has 6 heteroatoms. The van der Waals surface area contributed by atoms with E-state index in [0.29, 0.717) is 13.0 Å². The molecule has 0 amide bonds. The lowest BCUT2D eigenvalue weighted by atomic mass is 10.3. The fourth-order valence-corrected chi connectivity index (χ4v) is 2.64. The van der Waals surface area contributed by atoms with Crippen LogP contribution in [0.1, 0.15) is 15.6 Å². The number of hydrogen-bond donors (Lipinski definition) is 2. The molecule has 5 nitrogen and oxygen atoms in total. The molecule has 0 bridgehead atoms. The highest BCUT2D eigenvalue weighted by atomic mass is 32.1. The number of aryl methyl sites for hydroxylation is 1. The van der Waals surface area contributed by atoms with Gasteiger partial charge >= 0.3 is 0 Å². The Morgan fingerprint density at radius 3 is 2.50 bits per heavy atom. The third-order valence-corrected chi connectivity index (χ3v) is 3.98. The summed E-state index contributed by atoms with van der Waals surface area (Å²) in [5.74, 6) is 1.67. The topological polar surface area (TPSA) is 81.2 Å². The van der Waals surface area contributed by atoms with Crippen molar-refractivity contribution in [3.8, 4) is 11.5 Å². The molecular weight excluding hydrogens is 274 g/mol. The van der Waals surface area contributed by atoms with E-state index in [1.165, 1.54) is 11.3 Å². The molecule has 0 radical (unpaired) electrons. The van der Waals surface area contributed by atoms with Gasteiger partial charge in [0.15, 0.2) is 0 Å². The minimum Gasteiger partial charge on any atom is -0.497 e. The number of nitrogens with zero attached hydrogens (tertiary/aromatic N) is 1. The van der Waals surface area contributed by atoms with Crippen LogP contribution in [0.3, 0.4) is 0 Å². The molecule has 2 rings (SSSR count). The Bertz CT molecular complexity index is 593. The quantitative estimate of drug-likeness (QED) is 0.632. The van der Waals surface area contributed by atoms with E-state index >= 15 is 0 Å². The first kappa shape index (κ1) is 14.3. The van der Waals surface area contributed by atoms with Crippen LogP contribution < -0.4 is 15.2 Å². The summed E-state index contributed by atoms with van der Waals surface area (Å²) in [6.45, 7) is 2.40. The Morgan fingerprint density at radius 1 is 1.30 bits per heavy atom. The SMILES string of the molecule is COc1ccc(OCCc2nc(C)c(C(=N)N)s2)cc1. The van der Waals surface area contributed by atoms with Crippen molar-refractivity contribution in [1.29, 1.82) is 5.41 Å². The Balaban J connectivity index is 1.89. The van der Waals surface area contributed by atoms with E-state index in [1.807, 2.05) is 31.2 Å². The molecule has 0 unspecified atom stereocenters. The van der Waals surface area contributed by atoms with Crippen LogP contribution in [-0.2, 0) is 6.42 Å². The molecule has 0 spiro atoms. The van der Waals surface area contributed by atoms with E-state index in [4.69, 9.17) is 20.6 Å². The zero-order chi connectivity index (χ0) is 14.5. The van der Waals surface area contributed by atoms with Crippen molar-refractivity contribution >= 4 is 17.2 Å². The van der Waals surface area contributed by atoms with Gasteiger partial charge in [-0.1, -0.05) is 0 Å². The average Bonchev–Trinajstić information content (AvgIpc) is 2.81. The van der Waals surface area contributed by atoms with E-state index in [-0.39, 0.29) is 5.84 Å². The molecule has 20 heavy (non-hydrogen) atoms. The highest BCUT2D eigenvalue weighted by Crippen LogP contribution is 2.19. The summed E-state index contributed by atoms with van der Waals surface area (Å²) in [5.41, 5.74) is 6.29. The van der Waals surface area contributed by atoms with Crippen LogP contribution in [0, 0.1) is 12.3 Å². The number of hydrogen-bond acceptors (Lipinski definition) is 5. The van der Waals surface area contributed by atoms with Crippen LogP contribution in [0.2, 0.25) is 0 Å². The van der Waals surface area contributed by atoms with E-state index in [1.54, 1.807) is 7.11 Å². The lowest BCUT2D eigenvalue weighted by Gasteiger charge is -2.05. The van der Waals surface area contributed by atoms with E-state index in [0.717, 1.165) is 27.1 Å². The van der Waals surface area contributed by atoms with Crippen molar-refractivity contribution in [3.63, 3.8) is 0 Å². The Morgan fingerprint density at radius 2 is 1.95 bits per heavy atom. The van der Waals surface area contributed by atoms with E-state index < -0.39 is 0 Å². The molecular formula is C14H17N3O2S. The van der Waals surface area contributed by atoms with E-state index in [2.05, 4.69) is 4.98 Å². The van der Waals surface area contributed by atoms with Gasteiger partial charge in [0.2, 0.25) is 0 Å². The number of ether oxygens (including phenoxy) is 2. The zero-order valence-corrected chi connectivity index (χ0v) is 12.3. The maximum absolute atomic E-state index is 7.44. The van der Waals surface area contributed by atoms with Crippen LogP contribution in [0.25, 0.3) is 0 Å². The van der Waals surface area contributed by atoms with Gasteiger partial charge < -0.3 is 15.2 Å². The molecule has 0 saturated carbocycles. The van der Waals surface area contributed by atoms with Crippen LogP contribution in [0.4, 0.5) is 0 Å². The maximum Gasteiger partial charge on any atom is 0.135 e. The molecule has 3 N–H and O–H groups in total. The van der Waals surface area contributed by atoms with Gasteiger partial charge in [0.05, 0.1) is 29.3 Å². The largest absolute Gasteiger partial charge is 0.497 e. The van der Waals surface area contributed by atoms with Crippen LogP contribution in [0.15, 0.2) is 24.3 Å². The van der Waals surface area contributed by atoms with Gasteiger partial charge in [-0.3, -0.25) is 5.41 Å². The smallest absolute Gasteiger partial charge is 0.135 e. The predicted octanol–water partition coefficient (Wildman–Crippen LogP) is 2.37. The normalized spacial score (nSPS) is 10.3. The van der Waals surface area contributed by atoms with Gasteiger partial charge in [0, 0.05) is 6.42 Å². The van der Waals surface area contributed by atoms with Gasteiger partial charge in [-0.15, -0.1) is 11.3 Å². The van der Waals surface area contributed by atoms with Crippen molar-refractivity contribution in [1.82, 2.24) is 4.98 Å². The first-order valence-electron chi connectivity index (χ1n) is 6.17. The number of aromatic nitrogens is 1. The van der Waals surface area contributed by atoms with Gasteiger partial charge in [-0.05, 0) is 31.2 Å². The fraction of sp³-hybridized carbons (Fsp3) is 0.286. The summed E-state index contributed by atoms with van der Waals surface area (Å²) in [7, 11) is 1.63. The molecule has 0 aliphatic carbocycles. The summed E-state index contributed by atoms with van der Waals surface area (Å²) in [6, 6.07) is 7.45.